The summed E-state index contributed by atoms with van der Waals surface area (Å²) in [5.74, 6) is 1.21. The highest BCUT2D eigenvalue weighted by atomic mass is 79.9. The van der Waals surface area contributed by atoms with Crippen LogP contribution in [0.2, 0.25) is 0 Å². The van der Waals surface area contributed by atoms with E-state index in [9.17, 15) is 4.79 Å². The number of benzene rings is 1. The van der Waals surface area contributed by atoms with Crippen molar-refractivity contribution in [2.24, 2.45) is 0 Å². The summed E-state index contributed by atoms with van der Waals surface area (Å²) < 4.78 is 7.97. The second-order valence-corrected chi connectivity index (χ2v) is 9.30. The van der Waals surface area contributed by atoms with Gasteiger partial charge in [-0.05, 0) is 32.0 Å². The Morgan fingerprint density at radius 3 is 2.65 bits per heavy atom. The maximum Gasteiger partial charge on any atom is 0.262 e. The number of hydrogen-bond donors (Lipinski definition) is 0. The van der Waals surface area contributed by atoms with Gasteiger partial charge in [0.05, 0.1) is 16.2 Å². The lowest BCUT2D eigenvalue weighted by Crippen LogP contribution is -2.22. The molecular weight excluding hydrogens is 416 g/mol. The Hall–Kier alpha value is -1.67. The van der Waals surface area contributed by atoms with E-state index in [1.807, 2.05) is 52.8 Å². The molecule has 26 heavy (non-hydrogen) atoms. The molecule has 3 rings (SSSR count). The third-order valence-electron chi connectivity index (χ3n) is 3.94. The highest BCUT2D eigenvalue weighted by Gasteiger charge is 2.24. The fraction of sp³-hybridized carbons (Fsp3) is 0.444. The summed E-state index contributed by atoms with van der Waals surface area (Å²) in [5.41, 5.74) is 0.458. The minimum absolute atomic E-state index is 0.0468. The fourth-order valence-corrected chi connectivity index (χ4v) is 3.82. The Morgan fingerprint density at radius 1 is 1.31 bits per heavy atom. The fourth-order valence-electron chi connectivity index (χ4n) is 2.46. The van der Waals surface area contributed by atoms with Crippen LogP contribution >= 0.6 is 27.7 Å². The van der Waals surface area contributed by atoms with Gasteiger partial charge in [-0.25, -0.2) is 4.98 Å². The lowest BCUT2D eigenvalue weighted by atomic mass is 9.96. The minimum Gasteiger partial charge on any atom is -0.338 e. The van der Waals surface area contributed by atoms with Crippen LogP contribution < -0.4 is 5.56 Å². The molecule has 0 unspecified atom stereocenters. The molecule has 0 saturated heterocycles. The van der Waals surface area contributed by atoms with E-state index in [1.54, 1.807) is 4.57 Å². The first-order chi connectivity index (χ1) is 12.2. The standard InChI is InChI=1S/C18H21BrN4O2S/c1-6-23-15(24)12-9-11(19)7-8-13(12)20-17(23)26-10(2)14-21-16(22-25-14)18(3,4)5/h7-10H,6H2,1-5H3/t10-/m0/s1. The van der Waals surface area contributed by atoms with Gasteiger partial charge < -0.3 is 4.52 Å². The third-order valence-corrected chi connectivity index (χ3v) is 5.51. The molecule has 0 aliphatic heterocycles. The lowest BCUT2D eigenvalue weighted by Gasteiger charge is -2.13. The van der Waals surface area contributed by atoms with E-state index >= 15 is 0 Å². The number of hydrogen-bond acceptors (Lipinski definition) is 6. The second-order valence-electron chi connectivity index (χ2n) is 7.07. The smallest absolute Gasteiger partial charge is 0.262 e. The van der Waals surface area contributed by atoms with Crippen molar-refractivity contribution in [3.05, 3.63) is 44.7 Å². The van der Waals surface area contributed by atoms with Crippen LogP contribution in [0.3, 0.4) is 0 Å². The average molecular weight is 437 g/mol. The van der Waals surface area contributed by atoms with Gasteiger partial charge in [-0.1, -0.05) is 53.6 Å². The highest BCUT2D eigenvalue weighted by molar-refractivity contribution is 9.10. The van der Waals surface area contributed by atoms with Gasteiger partial charge in [-0.15, -0.1) is 0 Å². The van der Waals surface area contributed by atoms with Crippen molar-refractivity contribution in [1.29, 1.82) is 0 Å². The van der Waals surface area contributed by atoms with Gasteiger partial charge in [0.25, 0.3) is 5.56 Å². The van der Waals surface area contributed by atoms with Crippen molar-refractivity contribution in [2.75, 3.05) is 0 Å². The minimum atomic E-state index is -0.174. The molecule has 0 amide bonds. The molecule has 0 spiro atoms. The molecule has 6 nitrogen and oxygen atoms in total. The maximum absolute atomic E-state index is 12.8. The van der Waals surface area contributed by atoms with Gasteiger partial charge in [0, 0.05) is 16.4 Å². The summed E-state index contributed by atoms with van der Waals surface area (Å²) in [6.07, 6.45) is 0. The molecule has 0 radical (unpaired) electrons. The summed E-state index contributed by atoms with van der Waals surface area (Å²) in [7, 11) is 0. The van der Waals surface area contributed by atoms with E-state index in [-0.39, 0.29) is 16.2 Å². The van der Waals surface area contributed by atoms with Crippen molar-refractivity contribution in [2.45, 2.75) is 57.0 Å². The number of thioether (sulfide) groups is 1. The van der Waals surface area contributed by atoms with Crippen molar-refractivity contribution >= 4 is 38.6 Å². The molecule has 3 aromatic rings. The molecule has 0 fully saturated rings. The van der Waals surface area contributed by atoms with Crippen LogP contribution in [0.1, 0.15) is 51.6 Å². The number of nitrogens with zero attached hydrogens (tertiary/aromatic N) is 4. The Balaban J connectivity index is 1.99. The largest absolute Gasteiger partial charge is 0.338 e. The molecule has 138 valence electrons. The first-order valence-corrected chi connectivity index (χ1v) is 10.1. The third kappa shape index (κ3) is 3.71. The van der Waals surface area contributed by atoms with Crippen LogP contribution in [0.5, 0.6) is 0 Å². The Morgan fingerprint density at radius 2 is 2.04 bits per heavy atom. The molecule has 2 heterocycles. The van der Waals surface area contributed by atoms with Crippen molar-refractivity contribution in [3.63, 3.8) is 0 Å². The number of fused-ring (bicyclic) bond motifs is 1. The van der Waals surface area contributed by atoms with Gasteiger partial charge in [0.1, 0.15) is 0 Å². The van der Waals surface area contributed by atoms with Crippen LogP contribution in [0.25, 0.3) is 10.9 Å². The predicted molar refractivity (Wildman–Crippen MR) is 107 cm³/mol. The zero-order valence-electron chi connectivity index (χ0n) is 15.4. The van der Waals surface area contributed by atoms with E-state index < -0.39 is 0 Å². The quantitative estimate of drug-likeness (QED) is 0.435. The van der Waals surface area contributed by atoms with Gasteiger partial charge in [0.2, 0.25) is 5.89 Å². The molecule has 0 bridgehead atoms. The number of halogens is 1. The Labute approximate surface area is 164 Å². The zero-order chi connectivity index (χ0) is 19.1. The second kappa shape index (κ2) is 7.15. The number of rotatable bonds is 4. The van der Waals surface area contributed by atoms with Crippen LogP contribution in [0.4, 0.5) is 0 Å². The van der Waals surface area contributed by atoms with Crippen LogP contribution in [-0.4, -0.2) is 19.7 Å². The van der Waals surface area contributed by atoms with Crippen molar-refractivity contribution < 1.29 is 4.52 Å². The van der Waals surface area contributed by atoms with Gasteiger partial charge in [-0.3, -0.25) is 9.36 Å². The van der Waals surface area contributed by atoms with E-state index in [0.29, 0.717) is 34.3 Å². The van der Waals surface area contributed by atoms with E-state index in [2.05, 4.69) is 31.1 Å². The molecule has 2 aromatic heterocycles. The average Bonchev–Trinajstić information content (AvgIpc) is 3.06. The van der Waals surface area contributed by atoms with Crippen LogP contribution in [-0.2, 0) is 12.0 Å². The SMILES string of the molecule is CCn1c(S[C@@H](C)c2nc(C(C)(C)C)no2)nc2ccc(Br)cc2c1=O. The summed E-state index contributed by atoms with van der Waals surface area (Å²) in [6.45, 7) is 10.6. The van der Waals surface area contributed by atoms with E-state index in [1.165, 1.54) is 11.8 Å². The monoisotopic (exact) mass is 436 g/mol. The van der Waals surface area contributed by atoms with Gasteiger partial charge in [0.15, 0.2) is 11.0 Å². The van der Waals surface area contributed by atoms with Crippen molar-refractivity contribution in [3.8, 4) is 0 Å². The van der Waals surface area contributed by atoms with Crippen LogP contribution in [0, 0.1) is 0 Å². The molecule has 0 aliphatic rings. The Bertz CT molecular complexity index is 1010. The molecule has 8 heteroatoms. The van der Waals surface area contributed by atoms with Gasteiger partial charge in [-0.2, -0.15) is 4.98 Å². The first-order valence-electron chi connectivity index (χ1n) is 8.41. The van der Waals surface area contributed by atoms with E-state index in [0.717, 1.165) is 4.47 Å². The zero-order valence-corrected chi connectivity index (χ0v) is 17.8. The molecule has 1 atom stereocenters. The van der Waals surface area contributed by atoms with E-state index in [4.69, 9.17) is 4.52 Å². The van der Waals surface area contributed by atoms with Crippen molar-refractivity contribution in [1.82, 2.24) is 19.7 Å². The lowest BCUT2D eigenvalue weighted by molar-refractivity contribution is 0.364. The maximum atomic E-state index is 12.8. The Kier molecular flexibility index (Phi) is 5.25. The molecule has 0 saturated carbocycles. The molecule has 0 aliphatic carbocycles. The highest BCUT2D eigenvalue weighted by Crippen LogP contribution is 2.34. The topological polar surface area (TPSA) is 73.8 Å². The number of aromatic nitrogens is 4. The summed E-state index contributed by atoms with van der Waals surface area (Å²) in [5, 5.41) is 5.21. The molecule has 1 aromatic carbocycles. The first kappa shape index (κ1) is 19.1. The summed E-state index contributed by atoms with van der Waals surface area (Å²) in [6, 6.07) is 5.54. The summed E-state index contributed by atoms with van der Waals surface area (Å²) in [4.78, 5) is 22.0. The molecular formula is C18H21BrN4O2S. The predicted octanol–water partition coefficient (Wildman–Crippen LogP) is 4.71. The summed E-state index contributed by atoms with van der Waals surface area (Å²) >= 11 is 4.86. The van der Waals surface area contributed by atoms with Gasteiger partial charge >= 0.3 is 0 Å². The molecule has 0 N–H and O–H groups in total. The normalized spacial score (nSPS) is 13.3. The van der Waals surface area contributed by atoms with Crippen LogP contribution in [0.15, 0.2) is 37.1 Å².